The molecule has 2 aromatic carbocycles. The Kier molecular flexibility index (Phi) is 6.61. The molecule has 0 atom stereocenters. The van der Waals surface area contributed by atoms with Crippen LogP contribution in [0.1, 0.15) is 26.4 Å². The van der Waals surface area contributed by atoms with Crippen molar-refractivity contribution < 1.29 is 22.7 Å². The second kappa shape index (κ2) is 9.84. The van der Waals surface area contributed by atoms with Gasteiger partial charge in [0.15, 0.2) is 15.5 Å². The van der Waals surface area contributed by atoms with Crippen molar-refractivity contribution in [1.29, 1.82) is 0 Å². The van der Waals surface area contributed by atoms with Crippen LogP contribution in [-0.4, -0.2) is 81.4 Å². The van der Waals surface area contributed by atoms with Gasteiger partial charge in [0, 0.05) is 42.9 Å². The van der Waals surface area contributed by atoms with Crippen molar-refractivity contribution in [3.05, 3.63) is 65.4 Å². The van der Waals surface area contributed by atoms with E-state index in [1.807, 2.05) is 7.05 Å². The third kappa shape index (κ3) is 4.41. The molecular formula is C25H27N5O5S. The number of hydrogen-bond donors (Lipinski definition) is 2. The van der Waals surface area contributed by atoms with Crippen molar-refractivity contribution in [1.82, 2.24) is 25.3 Å². The van der Waals surface area contributed by atoms with E-state index in [0.29, 0.717) is 67.5 Å². The van der Waals surface area contributed by atoms with E-state index in [0.717, 1.165) is 0 Å². The Hall–Kier alpha value is -3.54. The van der Waals surface area contributed by atoms with Gasteiger partial charge in [0.25, 0.3) is 11.8 Å². The highest BCUT2D eigenvalue weighted by Crippen LogP contribution is 2.40. The molecule has 11 heteroatoms. The first kappa shape index (κ1) is 24.2. The first-order chi connectivity index (χ1) is 17.4. The molecule has 2 amide bonds. The molecule has 0 saturated carbocycles. The SMILES string of the molecule is CNCCNC(=O)c1cccc(-n2nc(C(=O)N3CCOCC3)c3c2-c2ccccc2S(=O)(=O)C3)c1. The third-order valence-corrected chi connectivity index (χ3v) is 8.00. The fraction of sp³-hybridized carbons (Fsp3) is 0.320. The molecule has 10 nitrogen and oxygen atoms in total. The monoisotopic (exact) mass is 509 g/mol. The molecule has 188 valence electrons. The number of likely N-dealkylation sites (N-methyl/N-ethyl adjacent to an activating group) is 1. The maximum atomic E-state index is 13.5. The lowest BCUT2D eigenvalue weighted by molar-refractivity contribution is 0.0298. The maximum absolute atomic E-state index is 13.5. The number of amides is 2. The lowest BCUT2D eigenvalue weighted by Crippen LogP contribution is -2.41. The van der Waals surface area contributed by atoms with E-state index in [1.54, 1.807) is 58.1 Å². The van der Waals surface area contributed by atoms with Crippen LogP contribution < -0.4 is 10.6 Å². The molecule has 36 heavy (non-hydrogen) atoms. The van der Waals surface area contributed by atoms with Gasteiger partial charge in [0.05, 0.1) is 35.2 Å². The van der Waals surface area contributed by atoms with E-state index in [1.165, 1.54) is 0 Å². The summed E-state index contributed by atoms with van der Waals surface area (Å²) in [5.41, 5.74) is 2.50. The van der Waals surface area contributed by atoms with E-state index in [4.69, 9.17) is 4.74 Å². The number of carbonyl (C=O) groups excluding carboxylic acids is 2. The lowest BCUT2D eigenvalue weighted by Gasteiger charge is -2.26. The van der Waals surface area contributed by atoms with Crippen molar-refractivity contribution in [2.45, 2.75) is 10.6 Å². The number of ether oxygens (including phenoxy) is 1. The fourth-order valence-electron chi connectivity index (χ4n) is 4.52. The van der Waals surface area contributed by atoms with E-state index < -0.39 is 9.84 Å². The van der Waals surface area contributed by atoms with E-state index in [2.05, 4.69) is 15.7 Å². The summed E-state index contributed by atoms with van der Waals surface area (Å²) < 4.78 is 33.3. The molecule has 5 rings (SSSR count). The van der Waals surface area contributed by atoms with Crippen molar-refractivity contribution in [2.24, 2.45) is 0 Å². The number of aromatic nitrogens is 2. The molecule has 2 aliphatic rings. The predicted molar refractivity (Wildman–Crippen MR) is 133 cm³/mol. The van der Waals surface area contributed by atoms with Crippen molar-refractivity contribution >= 4 is 21.7 Å². The Labute approximate surface area is 209 Å². The topological polar surface area (TPSA) is 123 Å². The molecule has 0 radical (unpaired) electrons. The Balaban J connectivity index is 1.64. The minimum atomic E-state index is -3.66. The Morgan fingerprint density at radius 1 is 1.06 bits per heavy atom. The van der Waals surface area contributed by atoms with Crippen molar-refractivity contribution in [2.75, 3.05) is 46.4 Å². The van der Waals surface area contributed by atoms with Gasteiger partial charge in [0.2, 0.25) is 0 Å². The molecule has 1 fully saturated rings. The fourth-order valence-corrected chi connectivity index (χ4v) is 6.12. The van der Waals surface area contributed by atoms with Crippen LogP contribution in [0.2, 0.25) is 0 Å². The zero-order chi connectivity index (χ0) is 25.3. The van der Waals surface area contributed by atoms with Crippen LogP contribution in [0.5, 0.6) is 0 Å². The van der Waals surface area contributed by atoms with E-state index in [-0.39, 0.29) is 28.2 Å². The number of carbonyl (C=O) groups is 2. The summed E-state index contributed by atoms with van der Waals surface area (Å²) in [4.78, 5) is 28.0. The van der Waals surface area contributed by atoms with Crippen LogP contribution in [0.3, 0.4) is 0 Å². The second-order valence-electron chi connectivity index (χ2n) is 8.66. The van der Waals surface area contributed by atoms with Gasteiger partial charge in [0.1, 0.15) is 0 Å². The van der Waals surface area contributed by atoms with Gasteiger partial charge in [-0.15, -0.1) is 0 Å². The molecule has 0 bridgehead atoms. The van der Waals surface area contributed by atoms with Crippen molar-refractivity contribution in [3.63, 3.8) is 0 Å². The van der Waals surface area contributed by atoms with E-state index >= 15 is 0 Å². The highest BCUT2D eigenvalue weighted by molar-refractivity contribution is 7.90. The highest BCUT2D eigenvalue weighted by atomic mass is 32.2. The summed E-state index contributed by atoms with van der Waals surface area (Å²) in [6.45, 7) is 2.76. The molecule has 0 unspecified atom stereocenters. The van der Waals surface area contributed by atoms with Crippen LogP contribution >= 0.6 is 0 Å². The molecule has 2 N–H and O–H groups in total. The average Bonchev–Trinajstić information content (AvgIpc) is 3.27. The zero-order valence-electron chi connectivity index (χ0n) is 19.9. The quantitative estimate of drug-likeness (QED) is 0.480. The molecule has 0 spiro atoms. The van der Waals surface area contributed by atoms with Crippen LogP contribution in [0, 0.1) is 0 Å². The zero-order valence-corrected chi connectivity index (χ0v) is 20.7. The number of hydrogen-bond acceptors (Lipinski definition) is 7. The first-order valence-electron chi connectivity index (χ1n) is 11.7. The number of fused-ring (bicyclic) bond motifs is 3. The number of nitrogens with one attached hydrogen (secondary N) is 2. The molecule has 3 aromatic rings. The summed E-state index contributed by atoms with van der Waals surface area (Å²) in [6.07, 6.45) is 0. The van der Waals surface area contributed by atoms with Gasteiger partial charge in [-0.25, -0.2) is 13.1 Å². The van der Waals surface area contributed by atoms with Crippen molar-refractivity contribution in [3.8, 4) is 16.9 Å². The third-order valence-electron chi connectivity index (χ3n) is 6.31. The molecular weight excluding hydrogens is 482 g/mol. The number of benzene rings is 2. The Morgan fingerprint density at radius 2 is 1.83 bits per heavy atom. The van der Waals surface area contributed by atoms with Crippen LogP contribution in [0.15, 0.2) is 53.4 Å². The number of morpholine rings is 1. The molecule has 1 aromatic heterocycles. The van der Waals surface area contributed by atoms with Gasteiger partial charge < -0.3 is 20.3 Å². The largest absolute Gasteiger partial charge is 0.378 e. The van der Waals surface area contributed by atoms with Gasteiger partial charge in [-0.2, -0.15) is 5.10 Å². The van der Waals surface area contributed by atoms with Gasteiger partial charge >= 0.3 is 0 Å². The Morgan fingerprint density at radius 3 is 2.61 bits per heavy atom. The molecule has 0 aliphatic carbocycles. The Bertz CT molecular complexity index is 1430. The van der Waals surface area contributed by atoms with Crippen LogP contribution in [0.4, 0.5) is 0 Å². The summed E-state index contributed by atoms with van der Waals surface area (Å²) in [7, 11) is -1.86. The summed E-state index contributed by atoms with van der Waals surface area (Å²) in [5, 5.41) is 10.5. The van der Waals surface area contributed by atoms with Gasteiger partial charge in [-0.1, -0.05) is 24.3 Å². The summed E-state index contributed by atoms with van der Waals surface area (Å²) >= 11 is 0. The minimum Gasteiger partial charge on any atom is -0.378 e. The predicted octanol–water partition coefficient (Wildman–Crippen LogP) is 1.25. The highest BCUT2D eigenvalue weighted by Gasteiger charge is 2.37. The standard InChI is InChI=1S/C25H27N5O5S/c1-26-9-10-27-24(31)17-5-4-6-18(15-17)30-23-19-7-2-3-8-21(19)36(33,34)16-20(23)22(28-30)25(32)29-11-13-35-14-12-29/h2-8,15,26H,9-14,16H2,1H3,(H,27,31). The maximum Gasteiger partial charge on any atom is 0.274 e. The van der Waals surface area contributed by atoms with Gasteiger partial charge in [-0.3, -0.25) is 9.59 Å². The summed E-state index contributed by atoms with van der Waals surface area (Å²) in [5.74, 6) is -0.890. The first-order valence-corrected chi connectivity index (χ1v) is 13.4. The van der Waals surface area contributed by atoms with Crippen LogP contribution in [0.25, 0.3) is 16.9 Å². The van der Waals surface area contributed by atoms with Crippen LogP contribution in [-0.2, 0) is 20.3 Å². The average molecular weight is 510 g/mol. The molecule has 3 heterocycles. The summed E-state index contributed by atoms with van der Waals surface area (Å²) in [6, 6.07) is 13.6. The number of rotatable bonds is 6. The number of nitrogens with zero attached hydrogens (tertiary/aromatic N) is 3. The smallest absolute Gasteiger partial charge is 0.274 e. The number of sulfone groups is 1. The van der Waals surface area contributed by atoms with Gasteiger partial charge in [-0.05, 0) is 31.3 Å². The van der Waals surface area contributed by atoms with E-state index in [9.17, 15) is 18.0 Å². The minimum absolute atomic E-state index is 0.105. The second-order valence-corrected chi connectivity index (χ2v) is 10.6. The molecule has 2 aliphatic heterocycles. The lowest BCUT2D eigenvalue weighted by atomic mass is 10.0. The normalized spacial score (nSPS) is 16.2. The molecule has 1 saturated heterocycles.